The standard InChI is InChI=1S/C22H16N2O8/c1-24-11(4-5-23-24)10-7-16(28)31-15-8-14(27)18-19(29)20(30)21(32-22(18)17(10)15)9-2-3-12(25)13(26)6-9/h2-6,8,10,25-27,30H,7H2,1H3. The van der Waals surface area contributed by atoms with E-state index in [0.717, 1.165) is 12.1 Å². The number of fused-ring (bicyclic) bond motifs is 3. The molecule has 4 N–H and O–H groups in total. The van der Waals surface area contributed by atoms with Gasteiger partial charge in [-0.2, -0.15) is 5.10 Å². The molecule has 0 spiro atoms. The molecule has 2 aromatic heterocycles. The van der Waals surface area contributed by atoms with Gasteiger partial charge >= 0.3 is 5.97 Å². The van der Waals surface area contributed by atoms with Gasteiger partial charge in [0.15, 0.2) is 17.3 Å². The summed E-state index contributed by atoms with van der Waals surface area (Å²) in [6.45, 7) is 0. The maximum absolute atomic E-state index is 13.0. The van der Waals surface area contributed by atoms with E-state index in [0.29, 0.717) is 11.3 Å². The molecule has 0 fully saturated rings. The average Bonchev–Trinajstić information content (AvgIpc) is 3.17. The van der Waals surface area contributed by atoms with Gasteiger partial charge < -0.3 is 29.6 Å². The molecule has 1 aliphatic rings. The maximum atomic E-state index is 13.0. The van der Waals surface area contributed by atoms with Crippen molar-refractivity contribution in [3.8, 4) is 40.1 Å². The number of esters is 1. The fraction of sp³-hybridized carbons (Fsp3) is 0.136. The normalized spacial score (nSPS) is 15.5. The Morgan fingerprint density at radius 1 is 1.03 bits per heavy atom. The van der Waals surface area contributed by atoms with Gasteiger partial charge in [-0.05, 0) is 24.3 Å². The number of phenols is 3. The number of rotatable bonds is 2. The molecule has 1 aliphatic heterocycles. The molecule has 4 aromatic rings. The number of carbonyl (C=O) groups is 1. The zero-order valence-electron chi connectivity index (χ0n) is 16.6. The van der Waals surface area contributed by atoms with Gasteiger partial charge in [-0.1, -0.05) is 0 Å². The minimum absolute atomic E-state index is 0.0193. The molecular formula is C22H16N2O8. The highest BCUT2D eigenvalue weighted by Crippen LogP contribution is 2.47. The van der Waals surface area contributed by atoms with Crippen LogP contribution in [0.15, 0.2) is 45.7 Å². The molecular weight excluding hydrogens is 420 g/mol. The van der Waals surface area contributed by atoms with Crippen LogP contribution in [0.2, 0.25) is 0 Å². The molecule has 0 bridgehead atoms. The van der Waals surface area contributed by atoms with E-state index in [1.807, 2.05) is 0 Å². The van der Waals surface area contributed by atoms with E-state index in [9.17, 15) is 30.0 Å². The van der Waals surface area contributed by atoms with E-state index in [2.05, 4.69) is 5.10 Å². The van der Waals surface area contributed by atoms with Gasteiger partial charge in [-0.25, -0.2) is 0 Å². The second-order valence-electron chi connectivity index (χ2n) is 7.43. The topological polar surface area (TPSA) is 155 Å². The second-order valence-corrected chi connectivity index (χ2v) is 7.43. The Morgan fingerprint density at radius 2 is 1.81 bits per heavy atom. The van der Waals surface area contributed by atoms with E-state index in [1.165, 1.54) is 12.1 Å². The van der Waals surface area contributed by atoms with Crippen molar-refractivity contribution in [3.05, 3.63) is 58.0 Å². The number of hydrogen-bond acceptors (Lipinski definition) is 9. The Morgan fingerprint density at radius 3 is 2.50 bits per heavy atom. The molecule has 162 valence electrons. The average molecular weight is 436 g/mol. The van der Waals surface area contributed by atoms with Gasteiger partial charge in [0.1, 0.15) is 22.5 Å². The van der Waals surface area contributed by atoms with Crippen molar-refractivity contribution in [1.82, 2.24) is 9.78 Å². The molecule has 5 rings (SSSR count). The van der Waals surface area contributed by atoms with Crippen molar-refractivity contribution in [1.29, 1.82) is 0 Å². The van der Waals surface area contributed by atoms with Crippen LogP contribution in [0.25, 0.3) is 22.3 Å². The van der Waals surface area contributed by atoms with Gasteiger partial charge in [-0.15, -0.1) is 0 Å². The Balaban J connectivity index is 1.88. The Labute approximate surface area is 179 Å². The zero-order valence-corrected chi connectivity index (χ0v) is 16.6. The third-order valence-corrected chi connectivity index (χ3v) is 5.52. The van der Waals surface area contributed by atoms with E-state index in [4.69, 9.17) is 9.15 Å². The Bertz CT molecular complexity index is 1480. The number of aryl methyl sites for hydroxylation is 1. The smallest absolute Gasteiger partial charge is 0.312 e. The summed E-state index contributed by atoms with van der Waals surface area (Å²) < 4.78 is 12.8. The van der Waals surface area contributed by atoms with Crippen LogP contribution in [0.1, 0.15) is 23.6 Å². The predicted molar refractivity (Wildman–Crippen MR) is 110 cm³/mol. The summed E-state index contributed by atoms with van der Waals surface area (Å²) in [4.78, 5) is 25.2. The highest BCUT2D eigenvalue weighted by molar-refractivity contribution is 5.94. The van der Waals surface area contributed by atoms with Crippen LogP contribution in [0.4, 0.5) is 0 Å². The minimum atomic E-state index is -0.908. The number of aromatic hydroxyl groups is 4. The zero-order chi connectivity index (χ0) is 22.7. The first-order valence-electron chi connectivity index (χ1n) is 9.52. The van der Waals surface area contributed by atoms with E-state index in [-0.39, 0.29) is 34.5 Å². The van der Waals surface area contributed by atoms with Gasteiger partial charge in [0.25, 0.3) is 0 Å². The fourth-order valence-electron chi connectivity index (χ4n) is 4.02. The quantitative estimate of drug-likeness (QED) is 0.211. The van der Waals surface area contributed by atoms with Crippen LogP contribution in [-0.2, 0) is 11.8 Å². The monoisotopic (exact) mass is 436 g/mol. The largest absolute Gasteiger partial charge is 0.507 e. The number of benzene rings is 2. The van der Waals surface area contributed by atoms with Crippen LogP contribution < -0.4 is 10.2 Å². The number of nitrogens with zero attached hydrogens (tertiary/aromatic N) is 2. The molecule has 1 atom stereocenters. The van der Waals surface area contributed by atoms with Crippen LogP contribution in [0.3, 0.4) is 0 Å². The molecule has 0 amide bonds. The molecule has 2 aromatic carbocycles. The first-order valence-corrected chi connectivity index (χ1v) is 9.52. The summed E-state index contributed by atoms with van der Waals surface area (Å²) in [7, 11) is 1.70. The van der Waals surface area contributed by atoms with Crippen molar-refractivity contribution in [2.45, 2.75) is 12.3 Å². The number of phenolic OH excluding ortho intramolecular Hbond substituents is 3. The number of aromatic nitrogens is 2. The Kier molecular flexibility index (Phi) is 4.12. The van der Waals surface area contributed by atoms with Crippen molar-refractivity contribution < 1.29 is 34.4 Å². The molecule has 1 unspecified atom stereocenters. The summed E-state index contributed by atoms with van der Waals surface area (Å²) in [6, 6.07) is 6.48. The summed E-state index contributed by atoms with van der Waals surface area (Å²) in [5.41, 5.74) is 0.106. The van der Waals surface area contributed by atoms with Gasteiger partial charge in [0.05, 0.1) is 6.42 Å². The summed E-state index contributed by atoms with van der Waals surface area (Å²) in [6.07, 6.45) is 1.50. The highest BCUT2D eigenvalue weighted by Gasteiger charge is 2.35. The molecule has 0 saturated heterocycles. The first-order chi connectivity index (χ1) is 15.3. The van der Waals surface area contributed by atoms with Crippen molar-refractivity contribution >= 4 is 16.9 Å². The van der Waals surface area contributed by atoms with Crippen molar-refractivity contribution in [3.63, 3.8) is 0 Å². The van der Waals surface area contributed by atoms with Crippen LogP contribution >= 0.6 is 0 Å². The lowest BCUT2D eigenvalue weighted by atomic mass is 9.88. The second kappa shape index (κ2) is 6.77. The number of hydrogen-bond donors (Lipinski definition) is 4. The fourth-order valence-corrected chi connectivity index (χ4v) is 4.02. The third-order valence-electron chi connectivity index (χ3n) is 5.52. The lowest BCUT2D eigenvalue weighted by Crippen LogP contribution is -2.23. The van der Waals surface area contributed by atoms with E-state index in [1.54, 1.807) is 24.0 Å². The van der Waals surface area contributed by atoms with E-state index < -0.39 is 40.3 Å². The lowest BCUT2D eigenvalue weighted by Gasteiger charge is -2.26. The lowest BCUT2D eigenvalue weighted by molar-refractivity contribution is -0.135. The number of carbonyl (C=O) groups excluding carboxylic acids is 1. The van der Waals surface area contributed by atoms with Gasteiger partial charge in [-0.3, -0.25) is 14.3 Å². The van der Waals surface area contributed by atoms with Gasteiger partial charge in [0.2, 0.25) is 11.2 Å². The third kappa shape index (κ3) is 2.77. The minimum Gasteiger partial charge on any atom is -0.507 e. The number of ether oxygens (including phenoxy) is 1. The highest BCUT2D eigenvalue weighted by atomic mass is 16.5. The summed E-state index contributed by atoms with van der Waals surface area (Å²) in [5.74, 6) is -3.59. The molecule has 0 saturated carbocycles. The summed E-state index contributed by atoms with van der Waals surface area (Å²) in [5, 5.41) is 44.3. The van der Waals surface area contributed by atoms with Crippen LogP contribution in [0.5, 0.6) is 28.7 Å². The van der Waals surface area contributed by atoms with Crippen molar-refractivity contribution in [2.24, 2.45) is 7.05 Å². The van der Waals surface area contributed by atoms with Crippen LogP contribution in [0, 0.1) is 0 Å². The predicted octanol–water partition coefficient (Wildman–Crippen LogP) is 2.46. The maximum Gasteiger partial charge on any atom is 0.312 e. The Hall–Kier alpha value is -4.47. The molecule has 0 radical (unpaired) electrons. The van der Waals surface area contributed by atoms with Gasteiger partial charge in [0, 0.05) is 42.0 Å². The molecule has 3 heterocycles. The molecule has 10 nitrogen and oxygen atoms in total. The first kappa shape index (κ1) is 19.5. The summed E-state index contributed by atoms with van der Waals surface area (Å²) >= 11 is 0. The molecule has 0 aliphatic carbocycles. The van der Waals surface area contributed by atoms with Crippen molar-refractivity contribution in [2.75, 3.05) is 0 Å². The SMILES string of the molecule is Cn1nccc1C1CC(=O)Oc2cc(O)c3c(=O)c(O)c(-c4ccc(O)c(O)c4)oc3c21. The molecule has 10 heteroatoms. The molecule has 32 heavy (non-hydrogen) atoms. The van der Waals surface area contributed by atoms with Crippen LogP contribution in [-0.4, -0.2) is 36.2 Å². The van der Waals surface area contributed by atoms with E-state index >= 15 is 0 Å².